The Kier molecular flexibility index (Phi) is 6.92. The van der Waals surface area contributed by atoms with Gasteiger partial charge in [-0.1, -0.05) is 56.0 Å². The average Bonchev–Trinajstić information content (AvgIpc) is 2.69. The Labute approximate surface area is 153 Å². The van der Waals surface area contributed by atoms with Crippen molar-refractivity contribution in [2.24, 2.45) is 5.92 Å². The summed E-state index contributed by atoms with van der Waals surface area (Å²) in [7, 11) is 2.01. The van der Waals surface area contributed by atoms with E-state index < -0.39 is 0 Å². The van der Waals surface area contributed by atoms with Crippen LogP contribution in [0, 0.1) is 5.92 Å². The topological polar surface area (TPSA) is 23.6 Å². The molecule has 138 valence electrons. The second kappa shape index (κ2) is 9.38. The van der Waals surface area contributed by atoms with Gasteiger partial charge < -0.3 is 9.80 Å². The minimum Gasteiger partial charge on any atom is -0.344 e. The van der Waals surface area contributed by atoms with Gasteiger partial charge in [-0.3, -0.25) is 4.79 Å². The molecule has 1 aromatic carbocycles. The van der Waals surface area contributed by atoms with Gasteiger partial charge in [0.2, 0.25) is 5.91 Å². The number of piperidine rings is 1. The fourth-order valence-corrected chi connectivity index (χ4v) is 4.57. The highest BCUT2D eigenvalue weighted by Crippen LogP contribution is 2.37. The summed E-state index contributed by atoms with van der Waals surface area (Å²) >= 11 is 0. The largest absolute Gasteiger partial charge is 0.344 e. The first kappa shape index (κ1) is 18.4. The van der Waals surface area contributed by atoms with Crippen molar-refractivity contribution >= 4 is 5.91 Å². The van der Waals surface area contributed by atoms with E-state index in [0.717, 1.165) is 13.1 Å². The third kappa shape index (κ3) is 5.07. The Hall–Kier alpha value is -1.35. The van der Waals surface area contributed by atoms with Crippen molar-refractivity contribution in [2.45, 2.75) is 57.3 Å². The fourth-order valence-electron chi connectivity index (χ4n) is 4.57. The summed E-state index contributed by atoms with van der Waals surface area (Å²) in [5.41, 5.74) is 1.21. The van der Waals surface area contributed by atoms with Gasteiger partial charge in [0.1, 0.15) is 0 Å². The van der Waals surface area contributed by atoms with Gasteiger partial charge >= 0.3 is 0 Å². The first-order valence-corrected chi connectivity index (χ1v) is 10.3. The summed E-state index contributed by atoms with van der Waals surface area (Å²) in [6, 6.07) is 10.5. The molecule has 0 bridgehead atoms. The van der Waals surface area contributed by atoms with Gasteiger partial charge in [-0.25, -0.2) is 0 Å². The number of hydrogen-bond acceptors (Lipinski definition) is 2. The van der Waals surface area contributed by atoms with E-state index in [2.05, 4.69) is 29.2 Å². The van der Waals surface area contributed by atoms with Gasteiger partial charge in [0.15, 0.2) is 0 Å². The minimum atomic E-state index is 0.0489. The molecule has 1 aliphatic heterocycles. The Morgan fingerprint density at radius 3 is 2.36 bits per heavy atom. The van der Waals surface area contributed by atoms with Crippen LogP contribution in [0.25, 0.3) is 0 Å². The smallest absolute Gasteiger partial charge is 0.230 e. The normalized spacial score (nSPS) is 21.0. The summed E-state index contributed by atoms with van der Waals surface area (Å²) in [5.74, 6) is 0.893. The summed E-state index contributed by atoms with van der Waals surface area (Å²) in [4.78, 5) is 17.8. The van der Waals surface area contributed by atoms with Crippen LogP contribution >= 0.6 is 0 Å². The number of carbonyl (C=O) groups is 1. The zero-order valence-electron chi connectivity index (χ0n) is 15.8. The second-order valence-electron chi connectivity index (χ2n) is 7.95. The monoisotopic (exact) mass is 342 g/mol. The van der Waals surface area contributed by atoms with E-state index in [-0.39, 0.29) is 5.92 Å². The first-order chi connectivity index (χ1) is 12.3. The van der Waals surface area contributed by atoms with Crippen LogP contribution in [0.15, 0.2) is 30.3 Å². The second-order valence-corrected chi connectivity index (χ2v) is 7.95. The summed E-state index contributed by atoms with van der Waals surface area (Å²) < 4.78 is 0. The highest BCUT2D eigenvalue weighted by molar-refractivity contribution is 5.84. The predicted octanol–water partition coefficient (Wildman–Crippen LogP) is 4.29. The Bertz CT molecular complexity index is 518. The van der Waals surface area contributed by atoms with Crippen LogP contribution in [0.4, 0.5) is 0 Å². The zero-order valence-corrected chi connectivity index (χ0v) is 15.8. The number of rotatable bonds is 6. The van der Waals surface area contributed by atoms with Gasteiger partial charge in [0.25, 0.3) is 0 Å². The quantitative estimate of drug-likeness (QED) is 0.770. The van der Waals surface area contributed by atoms with E-state index in [0.29, 0.717) is 11.8 Å². The highest BCUT2D eigenvalue weighted by atomic mass is 16.2. The van der Waals surface area contributed by atoms with E-state index in [4.69, 9.17) is 0 Å². The molecule has 0 N–H and O–H groups in total. The molecule has 1 heterocycles. The molecule has 1 atom stereocenters. The molecule has 1 aromatic rings. The van der Waals surface area contributed by atoms with Gasteiger partial charge in [0, 0.05) is 20.1 Å². The molecule has 0 radical (unpaired) electrons. The van der Waals surface area contributed by atoms with Crippen molar-refractivity contribution in [1.82, 2.24) is 9.80 Å². The van der Waals surface area contributed by atoms with Crippen LogP contribution in [0.5, 0.6) is 0 Å². The van der Waals surface area contributed by atoms with Crippen molar-refractivity contribution in [2.75, 3.05) is 33.2 Å². The van der Waals surface area contributed by atoms with Gasteiger partial charge in [-0.05, 0) is 50.3 Å². The molecule has 25 heavy (non-hydrogen) atoms. The molecule has 3 nitrogen and oxygen atoms in total. The number of likely N-dealkylation sites (N-methyl/N-ethyl adjacent to an activating group) is 1. The standard InChI is InChI=1S/C22H34N2O/c1-23(17-18-24-15-9-4-10-16-24)22(25)21(19-11-5-2-6-12-19)20-13-7-3-8-14-20/h2,5-6,11-12,20-21H,3-4,7-10,13-18H2,1H3/t21-/m0/s1. The molecule has 1 aliphatic carbocycles. The maximum absolute atomic E-state index is 13.3. The predicted molar refractivity (Wildman–Crippen MR) is 104 cm³/mol. The van der Waals surface area contributed by atoms with Crippen molar-refractivity contribution in [3.8, 4) is 0 Å². The summed E-state index contributed by atoms with van der Waals surface area (Å²) in [6.45, 7) is 4.28. The van der Waals surface area contributed by atoms with E-state index in [1.54, 1.807) is 0 Å². The number of likely N-dealkylation sites (tertiary alicyclic amines) is 1. The van der Waals surface area contributed by atoms with Crippen molar-refractivity contribution in [3.05, 3.63) is 35.9 Å². The number of amides is 1. The molecule has 0 spiro atoms. The molecular formula is C22H34N2O. The van der Waals surface area contributed by atoms with Crippen LogP contribution in [-0.4, -0.2) is 48.9 Å². The lowest BCUT2D eigenvalue weighted by Gasteiger charge is -2.34. The maximum Gasteiger partial charge on any atom is 0.230 e. The van der Waals surface area contributed by atoms with Crippen molar-refractivity contribution < 1.29 is 4.79 Å². The molecular weight excluding hydrogens is 308 g/mol. The van der Waals surface area contributed by atoms with Gasteiger partial charge in [0.05, 0.1) is 5.92 Å². The summed E-state index contributed by atoms with van der Waals surface area (Å²) in [6.07, 6.45) is 10.3. The van der Waals surface area contributed by atoms with E-state index >= 15 is 0 Å². The van der Waals surface area contributed by atoms with E-state index in [1.807, 2.05) is 18.0 Å². The Morgan fingerprint density at radius 1 is 1.04 bits per heavy atom. The average molecular weight is 343 g/mol. The molecule has 1 amide bonds. The highest BCUT2D eigenvalue weighted by Gasteiger charge is 2.32. The Morgan fingerprint density at radius 2 is 1.68 bits per heavy atom. The molecule has 0 aromatic heterocycles. The molecule has 2 fully saturated rings. The van der Waals surface area contributed by atoms with Crippen LogP contribution in [0.3, 0.4) is 0 Å². The lowest BCUT2D eigenvalue weighted by atomic mass is 9.76. The fraction of sp³-hybridized carbons (Fsp3) is 0.682. The maximum atomic E-state index is 13.3. The SMILES string of the molecule is CN(CCN1CCCCC1)C(=O)[C@@H](c1ccccc1)C1CCCCC1. The van der Waals surface area contributed by atoms with Crippen molar-refractivity contribution in [1.29, 1.82) is 0 Å². The number of hydrogen-bond donors (Lipinski definition) is 0. The number of carbonyl (C=O) groups excluding carboxylic acids is 1. The molecule has 3 rings (SSSR count). The lowest BCUT2D eigenvalue weighted by Crippen LogP contribution is -2.41. The first-order valence-electron chi connectivity index (χ1n) is 10.3. The Balaban J connectivity index is 1.65. The molecule has 1 saturated carbocycles. The zero-order chi connectivity index (χ0) is 17.5. The van der Waals surface area contributed by atoms with Crippen LogP contribution in [0.1, 0.15) is 62.8 Å². The van der Waals surface area contributed by atoms with E-state index in [9.17, 15) is 4.79 Å². The van der Waals surface area contributed by atoms with Gasteiger partial charge in [-0.15, -0.1) is 0 Å². The van der Waals surface area contributed by atoms with Crippen molar-refractivity contribution in [3.63, 3.8) is 0 Å². The molecule has 1 saturated heterocycles. The third-order valence-electron chi connectivity index (χ3n) is 6.12. The number of benzene rings is 1. The van der Waals surface area contributed by atoms with Crippen LogP contribution in [-0.2, 0) is 4.79 Å². The molecule has 3 heteroatoms. The molecule has 2 aliphatic rings. The van der Waals surface area contributed by atoms with E-state index in [1.165, 1.54) is 70.0 Å². The minimum absolute atomic E-state index is 0.0489. The van der Waals surface area contributed by atoms with Crippen LogP contribution in [0.2, 0.25) is 0 Å². The lowest BCUT2D eigenvalue weighted by molar-refractivity contribution is -0.133. The third-order valence-corrected chi connectivity index (χ3v) is 6.12. The molecule has 0 unspecified atom stereocenters. The summed E-state index contributed by atoms with van der Waals surface area (Å²) in [5, 5.41) is 0. The van der Waals surface area contributed by atoms with Crippen LogP contribution < -0.4 is 0 Å². The number of nitrogens with zero attached hydrogens (tertiary/aromatic N) is 2. The van der Waals surface area contributed by atoms with Gasteiger partial charge in [-0.2, -0.15) is 0 Å².